The number of carbonyl (C=O) groups is 1. The van der Waals surface area contributed by atoms with Gasteiger partial charge in [-0.1, -0.05) is 36.0 Å². The molecule has 0 saturated heterocycles. The normalized spacial score (nSPS) is 10.8. The minimum atomic E-state index is -0.245. The molecule has 0 saturated carbocycles. The number of hydrogen-bond donors (Lipinski definition) is 2. The van der Waals surface area contributed by atoms with Crippen molar-refractivity contribution >= 4 is 45.2 Å². The van der Waals surface area contributed by atoms with Gasteiger partial charge in [0.25, 0.3) is 5.91 Å². The second kappa shape index (κ2) is 8.06. The first-order valence-corrected chi connectivity index (χ1v) is 10.3. The summed E-state index contributed by atoms with van der Waals surface area (Å²) in [6, 6.07) is 15.0. The fraction of sp³-hybridized carbons (Fsp3) is 0.150. The van der Waals surface area contributed by atoms with Crippen molar-refractivity contribution in [3.8, 4) is 10.6 Å². The number of fused-ring (bicyclic) bond motifs is 1. The molecule has 2 aromatic heterocycles. The van der Waals surface area contributed by atoms with E-state index in [1.807, 2.05) is 50.2 Å². The molecule has 0 fully saturated rings. The van der Waals surface area contributed by atoms with E-state index >= 15 is 0 Å². The van der Waals surface area contributed by atoms with E-state index < -0.39 is 0 Å². The van der Waals surface area contributed by atoms with Crippen molar-refractivity contribution in [1.29, 1.82) is 0 Å². The molecule has 0 radical (unpaired) electrons. The Labute approximate surface area is 176 Å². The first-order chi connectivity index (χ1) is 14.0. The Morgan fingerprint density at radius 3 is 2.52 bits per heavy atom. The van der Waals surface area contributed by atoms with E-state index in [1.165, 1.54) is 11.3 Å². The molecule has 146 valence electrons. The quantitative estimate of drug-likeness (QED) is 0.486. The number of anilines is 1. The molecule has 2 heterocycles. The number of nitrogens with one attached hydrogen (secondary N) is 2. The lowest BCUT2D eigenvalue weighted by molar-refractivity contribution is 0.0977. The Hall–Kier alpha value is -3.17. The molecule has 4 rings (SSSR count). The number of thiocarbonyl (C=S) groups is 1. The lowest BCUT2D eigenvalue weighted by Crippen LogP contribution is -2.34. The Morgan fingerprint density at radius 1 is 1.10 bits per heavy atom. The SMILES string of the molecule is CCc1nnc2sc(-c3ccc(NC(=S)NC(=O)c4ccc(C)cc4)cc3)nn12. The van der Waals surface area contributed by atoms with Crippen LogP contribution in [0.4, 0.5) is 5.69 Å². The maximum absolute atomic E-state index is 12.2. The van der Waals surface area contributed by atoms with Crippen molar-refractivity contribution in [2.45, 2.75) is 20.3 Å². The van der Waals surface area contributed by atoms with Gasteiger partial charge in [-0.15, -0.1) is 10.2 Å². The molecule has 0 aliphatic heterocycles. The van der Waals surface area contributed by atoms with Crippen molar-refractivity contribution in [1.82, 2.24) is 25.1 Å². The fourth-order valence-corrected chi connectivity index (χ4v) is 3.81. The van der Waals surface area contributed by atoms with Gasteiger partial charge in [0.15, 0.2) is 10.9 Å². The van der Waals surface area contributed by atoms with E-state index in [0.717, 1.165) is 39.0 Å². The van der Waals surface area contributed by atoms with E-state index in [2.05, 4.69) is 25.9 Å². The van der Waals surface area contributed by atoms with Crippen molar-refractivity contribution in [2.75, 3.05) is 5.32 Å². The summed E-state index contributed by atoms with van der Waals surface area (Å²) in [6.07, 6.45) is 0.777. The van der Waals surface area contributed by atoms with Crippen LogP contribution in [0.5, 0.6) is 0 Å². The summed E-state index contributed by atoms with van der Waals surface area (Å²) in [4.78, 5) is 13.0. The van der Waals surface area contributed by atoms with Crippen LogP contribution < -0.4 is 10.6 Å². The molecule has 0 spiro atoms. The van der Waals surface area contributed by atoms with Gasteiger partial charge in [-0.25, -0.2) is 0 Å². The Bertz CT molecular complexity index is 1180. The molecular formula is C20H18N6OS2. The maximum atomic E-state index is 12.2. The molecule has 9 heteroatoms. The summed E-state index contributed by atoms with van der Waals surface area (Å²) in [7, 11) is 0. The summed E-state index contributed by atoms with van der Waals surface area (Å²) < 4.78 is 1.78. The Balaban J connectivity index is 1.42. The fourth-order valence-electron chi connectivity index (χ4n) is 2.73. The van der Waals surface area contributed by atoms with Gasteiger partial charge in [0.2, 0.25) is 4.96 Å². The van der Waals surface area contributed by atoms with Crippen LogP contribution in [0.3, 0.4) is 0 Å². The molecule has 7 nitrogen and oxygen atoms in total. The van der Waals surface area contributed by atoms with Crippen molar-refractivity contribution in [3.05, 3.63) is 65.5 Å². The number of aromatic nitrogens is 4. The van der Waals surface area contributed by atoms with Crippen LogP contribution in [-0.4, -0.2) is 30.8 Å². The average Bonchev–Trinajstić information content (AvgIpc) is 3.29. The highest BCUT2D eigenvalue weighted by Gasteiger charge is 2.12. The minimum absolute atomic E-state index is 0.245. The van der Waals surface area contributed by atoms with Crippen molar-refractivity contribution < 1.29 is 4.79 Å². The van der Waals surface area contributed by atoms with Gasteiger partial charge in [0.05, 0.1) is 0 Å². The smallest absolute Gasteiger partial charge is 0.257 e. The first kappa shape index (κ1) is 19.2. The topological polar surface area (TPSA) is 84.2 Å². The van der Waals surface area contributed by atoms with Gasteiger partial charge in [0.1, 0.15) is 5.01 Å². The van der Waals surface area contributed by atoms with Crippen LogP contribution >= 0.6 is 23.6 Å². The molecule has 0 aliphatic carbocycles. The maximum Gasteiger partial charge on any atom is 0.257 e. The average molecular weight is 423 g/mol. The van der Waals surface area contributed by atoms with Crippen LogP contribution in [-0.2, 0) is 6.42 Å². The Morgan fingerprint density at radius 2 is 1.83 bits per heavy atom. The number of carbonyl (C=O) groups excluding carboxylic acids is 1. The van der Waals surface area contributed by atoms with Gasteiger partial charge in [-0.2, -0.15) is 9.61 Å². The highest BCUT2D eigenvalue weighted by Crippen LogP contribution is 2.26. The van der Waals surface area contributed by atoms with Crippen LogP contribution in [0.15, 0.2) is 48.5 Å². The summed E-state index contributed by atoms with van der Waals surface area (Å²) in [6.45, 7) is 4.00. The second-order valence-electron chi connectivity index (χ2n) is 6.42. The van der Waals surface area contributed by atoms with E-state index in [1.54, 1.807) is 16.6 Å². The van der Waals surface area contributed by atoms with Gasteiger partial charge in [-0.05, 0) is 55.5 Å². The van der Waals surface area contributed by atoms with Crippen LogP contribution in [0.1, 0.15) is 28.7 Å². The molecule has 4 aromatic rings. The van der Waals surface area contributed by atoms with Gasteiger partial charge in [-0.3, -0.25) is 10.1 Å². The van der Waals surface area contributed by atoms with Gasteiger partial charge >= 0.3 is 0 Å². The zero-order valence-electron chi connectivity index (χ0n) is 15.8. The molecule has 0 aliphatic rings. The van der Waals surface area contributed by atoms with Gasteiger partial charge in [0, 0.05) is 23.2 Å². The lowest BCUT2D eigenvalue weighted by atomic mass is 10.1. The lowest BCUT2D eigenvalue weighted by Gasteiger charge is -2.10. The van der Waals surface area contributed by atoms with E-state index in [0.29, 0.717) is 5.56 Å². The highest BCUT2D eigenvalue weighted by atomic mass is 32.1. The molecule has 1 amide bonds. The van der Waals surface area contributed by atoms with Crippen LogP contribution in [0.25, 0.3) is 15.5 Å². The third kappa shape index (κ3) is 4.15. The van der Waals surface area contributed by atoms with Gasteiger partial charge < -0.3 is 5.32 Å². The zero-order chi connectivity index (χ0) is 20.4. The van der Waals surface area contributed by atoms with Crippen LogP contribution in [0, 0.1) is 6.92 Å². The second-order valence-corrected chi connectivity index (χ2v) is 7.79. The summed E-state index contributed by atoms with van der Waals surface area (Å²) in [5.41, 5.74) is 3.41. The first-order valence-electron chi connectivity index (χ1n) is 9.04. The minimum Gasteiger partial charge on any atom is -0.332 e. The largest absolute Gasteiger partial charge is 0.332 e. The van der Waals surface area contributed by atoms with Crippen molar-refractivity contribution in [2.24, 2.45) is 0 Å². The third-order valence-electron chi connectivity index (χ3n) is 4.30. The van der Waals surface area contributed by atoms with Crippen LogP contribution in [0.2, 0.25) is 0 Å². The number of aryl methyl sites for hydroxylation is 2. The summed E-state index contributed by atoms with van der Waals surface area (Å²) >= 11 is 6.74. The number of benzene rings is 2. The predicted octanol–water partition coefficient (Wildman–Crippen LogP) is 3.85. The van der Waals surface area contributed by atoms with E-state index in [9.17, 15) is 4.79 Å². The molecule has 0 atom stereocenters. The monoisotopic (exact) mass is 422 g/mol. The predicted molar refractivity (Wildman–Crippen MR) is 118 cm³/mol. The highest BCUT2D eigenvalue weighted by molar-refractivity contribution is 7.80. The summed E-state index contributed by atoms with van der Waals surface area (Å²) in [5.74, 6) is 0.598. The molecule has 2 aromatic carbocycles. The Kier molecular flexibility index (Phi) is 5.32. The number of hydrogen-bond acceptors (Lipinski definition) is 6. The molecular weight excluding hydrogens is 404 g/mol. The standard InChI is InChI=1S/C20H18N6OS2/c1-3-16-23-24-20-26(16)25-18(29-20)14-8-10-15(11-9-14)21-19(28)22-17(27)13-6-4-12(2)5-7-13/h4-11H,3H2,1-2H3,(H2,21,22,27,28). The van der Waals surface area contributed by atoms with E-state index in [4.69, 9.17) is 12.2 Å². The third-order valence-corrected chi connectivity index (χ3v) is 5.45. The molecule has 2 N–H and O–H groups in total. The molecule has 0 bridgehead atoms. The van der Waals surface area contributed by atoms with E-state index in [-0.39, 0.29) is 11.0 Å². The summed E-state index contributed by atoms with van der Waals surface area (Å²) in [5, 5.41) is 19.7. The molecule has 0 unspecified atom stereocenters. The number of nitrogens with zero attached hydrogens (tertiary/aromatic N) is 4. The zero-order valence-corrected chi connectivity index (χ0v) is 17.5. The number of rotatable bonds is 4. The number of amides is 1. The molecule has 29 heavy (non-hydrogen) atoms. The van der Waals surface area contributed by atoms with Crippen molar-refractivity contribution in [3.63, 3.8) is 0 Å².